The second kappa shape index (κ2) is 4.76. The van der Waals surface area contributed by atoms with Crippen LogP contribution < -0.4 is 10.6 Å². The van der Waals surface area contributed by atoms with Gasteiger partial charge < -0.3 is 15.2 Å². The number of aryl methyl sites for hydroxylation is 2. The normalized spacial score (nSPS) is 10.2. The summed E-state index contributed by atoms with van der Waals surface area (Å²) in [6.45, 7) is 4.65. The van der Waals surface area contributed by atoms with Crippen molar-refractivity contribution < 1.29 is 9.32 Å². The first kappa shape index (κ1) is 10.7. The lowest BCUT2D eigenvalue weighted by Crippen LogP contribution is -2.31. The van der Waals surface area contributed by atoms with Gasteiger partial charge in [-0.3, -0.25) is 4.79 Å². The van der Waals surface area contributed by atoms with Gasteiger partial charge in [0.15, 0.2) is 0 Å². The van der Waals surface area contributed by atoms with E-state index in [0.29, 0.717) is 13.1 Å². The lowest BCUT2D eigenvalue weighted by atomic mass is 10.2. The molecule has 5 nitrogen and oxygen atoms in total. The Labute approximate surface area is 82.8 Å². The van der Waals surface area contributed by atoms with E-state index in [2.05, 4.69) is 15.8 Å². The van der Waals surface area contributed by atoms with Gasteiger partial charge in [-0.2, -0.15) is 0 Å². The highest BCUT2D eigenvalue weighted by atomic mass is 16.5. The molecule has 0 unspecified atom stereocenters. The zero-order valence-corrected chi connectivity index (χ0v) is 8.68. The number of carbonyl (C=O) groups excluding carboxylic acids is 1. The molecule has 0 aliphatic heterocycles. The highest BCUT2D eigenvalue weighted by molar-refractivity contribution is 5.77. The average Bonchev–Trinajstić information content (AvgIpc) is 2.48. The highest BCUT2D eigenvalue weighted by Crippen LogP contribution is 2.10. The Hall–Kier alpha value is -1.36. The van der Waals surface area contributed by atoms with Gasteiger partial charge in [0.25, 0.3) is 0 Å². The lowest BCUT2D eigenvalue weighted by molar-refractivity contribution is -0.119. The van der Waals surface area contributed by atoms with Crippen LogP contribution in [0.1, 0.15) is 17.0 Å². The molecule has 0 spiro atoms. The molecule has 2 N–H and O–H groups in total. The Morgan fingerprint density at radius 3 is 2.71 bits per heavy atom. The predicted molar refractivity (Wildman–Crippen MR) is 51.8 cm³/mol. The van der Waals surface area contributed by atoms with Gasteiger partial charge in [-0.15, -0.1) is 0 Å². The van der Waals surface area contributed by atoms with Crippen LogP contribution in [-0.4, -0.2) is 24.7 Å². The number of nitrogens with zero attached hydrogens (tertiary/aromatic N) is 1. The van der Waals surface area contributed by atoms with Gasteiger partial charge in [0.1, 0.15) is 5.76 Å². The number of carbonyl (C=O) groups is 1. The maximum absolute atomic E-state index is 10.9. The molecule has 0 aliphatic rings. The largest absolute Gasteiger partial charge is 0.361 e. The molecule has 1 aromatic rings. The van der Waals surface area contributed by atoms with Crippen molar-refractivity contribution >= 4 is 5.91 Å². The second-order valence-corrected chi connectivity index (χ2v) is 3.08. The third-order valence-electron chi connectivity index (χ3n) is 2.05. The number of rotatable bonds is 4. The molecule has 0 saturated carbocycles. The fraction of sp³-hybridized carbons (Fsp3) is 0.556. The minimum atomic E-state index is -0.0308. The molecule has 1 aromatic heterocycles. The summed E-state index contributed by atoms with van der Waals surface area (Å²) in [6, 6.07) is 0. The Balaban J connectivity index is 2.42. The fourth-order valence-corrected chi connectivity index (χ4v) is 1.14. The number of amides is 1. The standard InChI is InChI=1S/C9H15N3O2/c1-6-8(7(2)14-12-6)4-11-5-9(13)10-3/h11H,4-5H2,1-3H3,(H,10,13). The van der Waals surface area contributed by atoms with Crippen LogP contribution in [0.15, 0.2) is 4.52 Å². The van der Waals surface area contributed by atoms with Crippen molar-refractivity contribution in [2.45, 2.75) is 20.4 Å². The topological polar surface area (TPSA) is 67.2 Å². The van der Waals surface area contributed by atoms with Crippen LogP contribution in [0, 0.1) is 13.8 Å². The SMILES string of the molecule is CNC(=O)CNCc1c(C)noc1C. The zero-order valence-electron chi connectivity index (χ0n) is 8.68. The molecular formula is C9H15N3O2. The zero-order chi connectivity index (χ0) is 10.6. The van der Waals surface area contributed by atoms with E-state index in [1.165, 1.54) is 0 Å². The van der Waals surface area contributed by atoms with Crippen LogP contribution in [0.4, 0.5) is 0 Å². The molecule has 14 heavy (non-hydrogen) atoms. The Morgan fingerprint density at radius 1 is 1.50 bits per heavy atom. The van der Waals surface area contributed by atoms with Crippen LogP contribution in [-0.2, 0) is 11.3 Å². The molecule has 0 aromatic carbocycles. The molecule has 0 aliphatic carbocycles. The summed E-state index contributed by atoms with van der Waals surface area (Å²) in [4.78, 5) is 10.9. The average molecular weight is 197 g/mol. The molecule has 0 atom stereocenters. The van der Waals surface area contributed by atoms with Crippen LogP contribution in [0.5, 0.6) is 0 Å². The number of nitrogens with one attached hydrogen (secondary N) is 2. The van der Waals surface area contributed by atoms with Crippen molar-refractivity contribution in [2.24, 2.45) is 0 Å². The summed E-state index contributed by atoms with van der Waals surface area (Å²) < 4.78 is 4.99. The summed E-state index contributed by atoms with van der Waals surface area (Å²) in [5.74, 6) is 0.767. The van der Waals surface area contributed by atoms with Crippen molar-refractivity contribution in [1.29, 1.82) is 0 Å². The summed E-state index contributed by atoms with van der Waals surface area (Å²) in [7, 11) is 1.61. The van der Waals surface area contributed by atoms with Gasteiger partial charge >= 0.3 is 0 Å². The summed E-state index contributed by atoms with van der Waals surface area (Å²) >= 11 is 0. The van der Waals surface area contributed by atoms with Crippen molar-refractivity contribution in [3.05, 3.63) is 17.0 Å². The Bertz CT molecular complexity index is 300. The first-order chi connectivity index (χ1) is 6.65. The molecular weight excluding hydrogens is 182 g/mol. The van der Waals surface area contributed by atoms with Crippen LogP contribution in [0.25, 0.3) is 0 Å². The van der Waals surface area contributed by atoms with Crippen molar-refractivity contribution in [2.75, 3.05) is 13.6 Å². The van der Waals surface area contributed by atoms with Gasteiger partial charge in [-0.05, 0) is 13.8 Å². The highest BCUT2D eigenvalue weighted by Gasteiger charge is 2.08. The Kier molecular flexibility index (Phi) is 3.64. The minimum Gasteiger partial charge on any atom is -0.361 e. The molecule has 0 radical (unpaired) electrons. The predicted octanol–water partition coefficient (Wildman–Crippen LogP) is 0.127. The van der Waals surface area contributed by atoms with Gasteiger partial charge in [0.05, 0.1) is 12.2 Å². The van der Waals surface area contributed by atoms with E-state index in [4.69, 9.17) is 4.52 Å². The van der Waals surface area contributed by atoms with E-state index in [9.17, 15) is 4.79 Å². The van der Waals surface area contributed by atoms with Crippen molar-refractivity contribution in [3.63, 3.8) is 0 Å². The molecule has 1 rings (SSSR count). The van der Waals surface area contributed by atoms with Crippen molar-refractivity contribution in [3.8, 4) is 0 Å². The third-order valence-corrected chi connectivity index (χ3v) is 2.05. The number of hydrogen-bond donors (Lipinski definition) is 2. The van der Waals surface area contributed by atoms with Gasteiger partial charge in [0.2, 0.25) is 5.91 Å². The maximum atomic E-state index is 10.9. The van der Waals surface area contributed by atoms with Gasteiger partial charge in [-0.25, -0.2) is 0 Å². The molecule has 5 heteroatoms. The second-order valence-electron chi connectivity index (χ2n) is 3.08. The van der Waals surface area contributed by atoms with E-state index in [1.807, 2.05) is 13.8 Å². The molecule has 0 fully saturated rings. The quantitative estimate of drug-likeness (QED) is 0.719. The summed E-state index contributed by atoms with van der Waals surface area (Å²) in [5, 5.41) is 9.36. The maximum Gasteiger partial charge on any atom is 0.233 e. The molecule has 0 bridgehead atoms. The first-order valence-electron chi connectivity index (χ1n) is 4.48. The monoisotopic (exact) mass is 197 g/mol. The molecule has 0 saturated heterocycles. The van der Waals surface area contributed by atoms with Crippen LogP contribution in [0.2, 0.25) is 0 Å². The van der Waals surface area contributed by atoms with Crippen LogP contribution in [0.3, 0.4) is 0 Å². The summed E-state index contributed by atoms with van der Waals surface area (Å²) in [5.41, 5.74) is 1.89. The third kappa shape index (κ3) is 2.56. The van der Waals surface area contributed by atoms with Crippen LogP contribution >= 0.6 is 0 Å². The fourth-order valence-electron chi connectivity index (χ4n) is 1.14. The summed E-state index contributed by atoms with van der Waals surface area (Å²) in [6.07, 6.45) is 0. The number of likely N-dealkylation sites (N-methyl/N-ethyl adjacent to an activating group) is 1. The Morgan fingerprint density at radius 2 is 2.21 bits per heavy atom. The number of aromatic nitrogens is 1. The first-order valence-corrected chi connectivity index (χ1v) is 4.48. The van der Waals surface area contributed by atoms with E-state index in [1.54, 1.807) is 7.05 Å². The van der Waals surface area contributed by atoms with Gasteiger partial charge in [0, 0.05) is 19.2 Å². The lowest BCUT2D eigenvalue weighted by Gasteiger charge is -2.02. The smallest absolute Gasteiger partial charge is 0.233 e. The number of hydrogen-bond acceptors (Lipinski definition) is 4. The van der Waals surface area contributed by atoms with E-state index >= 15 is 0 Å². The molecule has 1 amide bonds. The van der Waals surface area contributed by atoms with Gasteiger partial charge in [-0.1, -0.05) is 5.16 Å². The van der Waals surface area contributed by atoms with E-state index in [-0.39, 0.29) is 5.91 Å². The molecule has 1 heterocycles. The molecule has 78 valence electrons. The minimum absolute atomic E-state index is 0.0308. The van der Waals surface area contributed by atoms with E-state index < -0.39 is 0 Å². The van der Waals surface area contributed by atoms with E-state index in [0.717, 1.165) is 17.0 Å². The van der Waals surface area contributed by atoms with Crippen molar-refractivity contribution in [1.82, 2.24) is 15.8 Å².